The van der Waals surface area contributed by atoms with Crippen LogP contribution in [0, 0.1) is 12.7 Å². The van der Waals surface area contributed by atoms with Crippen molar-refractivity contribution in [3.05, 3.63) is 101 Å². The summed E-state index contributed by atoms with van der Waals surface area (Å²) in [6, 6.07) is 22.9. The van der Waals surface area contributed by atoms with E-state index in [9.17, 15) is 9.18 Å². The number of carbonyl (C=O) groups is 1. The number of hydrazone groups is 1. The first kappa shape index (κ1) is 18.5. The van der Waals surface area contributed by atoms with E-state index in [0.29, 0.717) is 16.8 Å². The predicted molar refractivity (Wildman–Crippen MR) is 113 cm³/mol. The smallest absolute Gasteiger partial charge is 0.267 e. The van der Waals surface area contributed by atoms with Gasteiger partial charge in [-0.25, -0.2) is 14.8 Å². The van der Waals surface area contributed by atoms with Crippen molar-refractivity contribution in [3.63, 3.8) is 0 Å². The second-order valence-corrected chi connectivity index (χ2v) is 6.63. The highest BCUT2D eigenvalue weighted by atomic mass is 19.1. The predicted octanol–water partition coefficient (Wildman–Crippen LogP) is 5.11. The van der Waals surface area contributed by atoms with Crippen LogP contribution in [0.3, 0.4) is 0 Å². The largest absolute Gasteiger partial charge is 0.272 e. The minimum atomic E-state index is -0.336. The Morgan fingerprint density at radius 1 is 1.00 bits per heavy atom. The van der Waals surface area contributed by atoms with Crippen molar-refractivity contribution in [1.29, 1.82) is 0 Å². The molecule has 1 heterocycles. The van der Waals surface area contributed by atoms with Gasteiger partial charge in [0.1, 0.15) is 5.82 Å². The average molecular weight is 383 g/mol. The van der Waals surface area contributed by atoms with Crippen molar-refractivity contribution in [2.24, 2.45) is 5.10 Å². The van der Waals surface area contributed by atoms with Gasteiger partial charge in [0.15, 0.2) is 0 Å². The second-order valence-electron chi connectivity index (χ2n) is 6.63. The van der Waals surface area contributed by atoms with Crippen molar-refractivity contribution < 1.29 is 9.18 Å². The van der Waals surface area contributed by atoms with Gasteiger partial charge in [-0.3, -0.25) is 4.79 Å². The standard InChI is InChI=1S/C24H18FN3O/c1-16-6-2-3-7-18(16)15-26-28-24(29)21-14-23(17-10-12-19(25)13-11-17)27-22-9-5-4-8-20(21)22/h2-15H,1H3,(H,28,29). The number of rotatable bonds is 4. The minimum absolute atomic E-state index is 0.321. The number of carbonyl (C=O) groups excluding carboxylic acids is 1. The first-order valence-corrected chi connectivity index (χ1v) is 9.16. The SMILES string of the molecule is Cc1ccccc1C=NNC(=O)c1cc(-c2ccc(F)cc2)nc2ccccc12. The second kappa shape index (κ2) is 8.02. The van der Waals surface area contributed by atoms with Gasteiger partial charge in [-0.1, -0.05) is 42.5 Å². The normalized spacial score (nSPS) is 11.1. The van der Waals surface area contributed by atoms with E-state index in [1.165, 1.54) is 12.1 Å². The number of aryl methyl sites for hydroxylation is 1. The maximum absolute atomic E-state index is 13.3. The lowest BCUT2D eigenvalue weighted by atomic mass is 10.0. The summed E-state index contributed by atoms with van der Waals surface area (Å²) in [7, 11) is 0. The van der Waals surface area contributed by atoms with Crippen LogP contribution in [0.1, 0.15) is 21.5 Å². The van der Waals surface area contributed by atoms with Crippen LogP contribution in [0.25, 0.3) is 22.2 Å². The molecular weight excluding hydrogens is 365 g/mol. The number of amides is 1. The van der Waals surface area contributed by atoms with Gasteiger partial charge in [0.05, 0.1) is 23.0 Å². The quantitative estimate of drug-likeness (QED) is 0.393. The molecule has 1 aromatic heterocycles. The molecule has 4 aromatic rings. The Balaban J connectivity index is 1.69. The summed E-state index contributed by atoms with van der Waals surface area (Å²) < 4.78 is 13.3. The van der Waals surface area contributed by atoms with Crippen LogP contribution in [0.4, 0.5) is 4.39 Å². The fourth-order valence-electron chi connectivity index (χ4n) is 3.08. The van der Waals surface area contributed by atoms with Crippen molar-refractivity contribution >= 4 is 23.0 Å². The molecule has 0 saturated heterocycles. The number of hydrogen-bond acceptors (Lipinski definition) is 3. The fourth-order valence-corrected chi connectivity index (χ4v) is 3.08. The molecule has 4 nitrogen and oxygen atoms in total. The van der Waals surface area contributed by atoms with Gasteiger partial charge in [0, 0.05) is 10.9 Å². The molecule has 5 heteroatoms. The molecule has 3 aromatic carbocycles. The lowest BCUT2D eigenvalue weighted by molar-refractivity contribution is 0.0956. The van der Waals surface area contributed by atoms with Gasteiger partial charge < -0.3 is 0 Å². The summed E-state index contributed by atoms with van der Waals surface area (Å²) in [5.74, 6) is -0.658. The number of aromatic nitrogens is 1. The Labute approximate surface area is 167 Å². The summed E-state index contributed by atoms with van der Waals surface area (Å²) in [6.45, 7) is 1.98. The summed E-state index contributed by atoms with van der Waals surface area (Å²) in [4.78, 5) is 17.5. The zero-order valence-electron chi connectivity index (χ0n) is 15.8. The third-order valence-corrected chi connectivity index (χ3v) is 4.66. The third-order valence-electron chi connectivity index (χ3n) is 4.66. The Kier molecular flexibility index (Phi) is 5.12. The number of pyridine rings is 1. The molecule has 4 rings (SSSR count). The molecule has 0 saturated carbocycles. The van der Waals surface area contributed by atoms with Crippen LogP contribution >= 0.6 is 0 Å². The van der Waals surface area contributed by atoms with Crippen LogP contribution < -0.4 is 5.43 Å². The highest BCUT2D eigenvalue weighted by Gasteiger charge is 2.13. The third kappa shape index (κ3) is 4.04. The lowest BCUT2D eigenvalue weighted by Crippen LogP contribution is -2.18. The number of fused-ring (bicyclic) bond motifs is 1. The maximum atomic E-state index is 13.3. The highest BCUT2D eigenvalue weighted by molar-refractivity contribution is 6.07. The van der Waals surface area contributed by atoms with E-state index in [1.807, 2.05) is 55.5 Å². The number of benzene rings is 3. The summed E-state index contributed by atoms with van der Waals surface area (Å²) in [5.41, 5.74) is 7.06. The minimum Gasteiger partial charge on any atom is -0.267 e. The zero-order chi connectivity index (χ0) is 20.2. The summed E-state index contributed by atoms with van der Waals surface area (Å²) in [5, 5.41) is 4.83. The van der Waals surface area contributed by atoms with E-state index in [2.05, 4.69) is 15.5 Å². The van der Waals surface area contributed by atoms with E-state index < -0.39 is 0 Å². The molecule has 29 heavy (non-hydrogen) atoms. The van der Waals surface area contributed by atoms with Gasteiger partial charge >= 0.3 is 0 Å². The average Bonchev–Trinajstić information content (AvgIpc) is 2.74. The zero-order valence-corrected chi connectivity index (χ0v) is 15.8. The molecular formula is C24H18FN3O. The van der Waals surface area contributed by atoms with Crippen LogP contribution in [0.5, 0.6) is 0 Å². The van der Waals surface area contributed by atoms with Crippen LogP contribution in [-0.4, -0.2) is 17.1 Å². The van der Waals surface area contributed by atoms with Crippen LogP contribution in [0.2, 0.25) is 0 Å². The molecule has 1 N–H and O–H groups in total. The maximum Gasteiger partial charge on any atom is 0.272 e. The number of hydrogen-bond donors (Lipinski definition) is 1. The molecule has 0 aliphatic heterocycles. The Bertz CT molecular complexity index is 1220. The van der Waals surface area contributed by atoms with E-state index >= 15 is 0 Å². The summed E-state index contributed by atoms with van der Waals surface area (Å²) in [6.07, 6.45) is 1.62. The first-order valence-electron chi connectivity index (χ1n) is 9.16. The lowest BCUT2D eigenvalue weighted by Gasteiger charge is -2.09. The first-order chi connectivity index (χ1) is 14.1. The molecule has 0 spiro atoms. The molecule has 1 amide bonds. The summed E-state index contributed by atoms with van der Waals surface area (Å²) >= 11 is 0. The number of halogens is 1. The highest BCUT2D eigenvalue weighted by Crippen LogP contribution is 2.25. The van der Waals surface area contributed by atoms with Crippen molar-refractivity contribution in [2.45, 2.75) is 6.92 Å². The van der Waals surface area contributed by atoms with Gasteiger partial charge in [-0.05, 0) is 54.4 Å². The Morgan fingerprint density at radius 2 is 1.72 bits per heavy atom. The molecule has 0 unspecified atom stereocenters. The molecule has 0 aliphatic carbocycles. The Morgan fingerprint density at radius 3 is 2.52 bits per heavy atom. The monoisotopic (exact) mass is 383 g/mol. The molecule has 0 radical (unpaired) electrons. The topological polar surface area (TPSA) is 54.4 Å². The van der Waals surface area contributed by atoms with Crippen LogP contribution in [0.15, 0.2) is 84.0 Å². The molecule has 0 bridgehead atoms. The van der Waals surface area contributed by atoms with E-state index in [-0.39, 0.29) is 11.7 Å². The van der Waals surface area contributed by atoms with E-state index in [0.717, 1.165) is 22.1 Å². The van der Waals surface area contributed by atoms with Gasteiger partial charge in [0.2, 0.25) is 0 Å². The van der Waals surface area contributed by atoms with Gasteiger partial charge in [0.25, 0.3) is 5.91 Å². The molecule has 0 aliphatic rings. The molecule has 0 atom stereocenters. The molecule has 0 fully saturated rings. The van der Waals surface area contributed by atoms with E-state index in [4.69, 9.17) is 0 Å². The van der Waals surface area contributed by atoms with Gasteiger partial charge in [-0.2, -0.15) is 5.10 Å². The van der Waals surface area contributed by atoms with Gasteiger partial charge in [-0.15, -0.1) is 0 Å². The number of nitrogens with one attached hydrogen (secondary N) is 1. The van der Waals surface area contributed by atoms with Crippen molar-refractivity contribution in [2.75, 3.05) is 0 Å². The molecule has 142 valence electrons. The van der Waals surface area contributed by atoms with Crippen molar-refractivity contribution in [1.82, 2.24) is 10.4 Å². The fraction of sp³-hybridized carbons (Fsp3) is 0.0417. The van der Waals surface area contributed by atoms with Crippen molar-refractivity contribution in [3.8, 4) is 11.3 Å². The Hall–Kier alpha value is -3.86. The number of para-hydroxylation sites is 1. The van der Waals surface area contributed by atoms with E-state index in [1.54, 1.807) is 24.4 Å². The van der Waals surface area contributed by atoms with Crippen LogP contribution in [-0.2, 0) is 0 Å². The number of nitrogens with zero attached hydrogens (tertiary/aromatic N) is 2.